The van der Waals surface area contributed by atoms with Gasteiger partial charge in [-0.3, -0.25) is 4.57 Å². The number of rotatable bonds is 3. The Morgan fingerprint density at radius 3 is 2.83 bits per heavy atom. The maximum atomic E-state index is 11.8. The van der Waals surface area contributed by atoms with Crippen molar-refractivity contribution in [1.82, 2.24) is 14.9 Å². The molecular weight excluding hydrogens is 230 g/mol. The Morgan fingerprint density at radius 1 is 1.50 bits per heavy atom. The summed E-state index contributed by atoms with van der Waals surface area (Å²) in [5, 5.41) is 3.24. The molecule has 0 fully saturated rings. The highest BCUT2D eigenvalue weighted by atomic mass is 16.4. The molecule has 0 aromatic carbocycles. The molecule has 1 unspecified atom stereocenters. The van der Waals surface area contributed by atoms with E-state index in [2.05, 4.69) is 31.1 Å². The molecule has 18 heavy (non-hydrogen) atoms. The van der Waals surface area contributed by atoms with Gasteiger partial charge in [0, 0.05) is 18.8 Å². The fourth-order valence-electron chi connectivity index (χ4n) is 2.04. The largest absolute Gasteiger partial charge is 0.421 e. The minimum Gasteiger partial charge on any atom is -0.406 e. The van der Waals surface area contributed by atoms with Crippen LogP contribution in [-0.2, 0) is 6.54 Å². The summed E-state index contributed by atoms with van der Waals surface area (Å²) in [6, 6.07) is 3.68. The fourth-order valence-corrected chi connectivity index (χ4v) is 2.04. The number of hydrogen-bond acceptors (Lipinski definition) is 4. The van der Waals surface area contributed by atoms with Crippen molar-refractivity contribution in [3.63, 3.8) is 0 Å². The number of fused-ring (bicyclic) bond motifs is 1. The van der Waals surface area contributed by atoms with Crippen molar-refractivity contribution in [2.24, 2.45) is 5.41 Å². The first-order valence-electron chi connectivity index (χ1n) is 6.05. The molecule has 2 heterocycles. The minimum absolute atomic E-state index is 0.0482. The van der Waals surface area contributed by atoms with Crippen molar-refractivity contribution in [3.8, 4) is 0 Å². The third kappa shape index (κ3) is 2.31. The topological polar surface area (TPSA) is 60.1 Å². The second-order valence-electron chi connectivity index (χ2n) is 5.51. The van der Waals surface area contributed by atoms with Gasteiger partial charge < -0.3 is 9.73 Å². The molecule has 0 saturated carbocycles. The van der Waals surface area contributed by atoms with Crippen LogP contribution in [0, 0.1) is 5.41 Å². The van der Waals surface area contributed by atoms with Gasteiger partial charge in [-0.2, -0.15) is 0 Å². The Bertz CT molecular complexity index is 592. The molecule has 1 atom stereocenters. The van der Waals surface area contributed by atoms with Crippen molar-refractivity contribution < 1.29 is 4.42 Å². The lowest BCUT2D eigenvalue weighted by Gasteiger charge is -2.30. The van der Waals surface area contributed by atoms with Crippen molar-refractivity contribution in [1.29, 1.82) is 0 Å². The predicted octanol–water partition coefficient (Wildman–Crippen LogP) is 1.62. The van der Waals surface area contributed by atoms with Crippen LogP contribution in [-0.4, -0.2) is 22.6 Å². The van der Waals surface area contributed by atoms with Gasteiger partial charge in [-0.1, -0.05) is 20.8 Å². The van der Waals surface area contributed by atoms with Gasteiger partial charge >= 0.3 is 5.76 Å². The quantitative estimate of drug-likeness (QED) is 0.898. The first kappa shape index (κ1) is 12.8. The Labute approximate surface area is 106 Å². The monoisotopic (exact) mass is 249 g/mol. The van der Waals surface area contributed by atoms with Crippen LogP contribution >= 0.6 is 0 Å². The number of hydrogen-bond donors (Lipinski definition) is 1. The van der Waals surface area contributed by atoms with Crippen LogP contribution in [0.2, 0.25) is 0 Å². The van der Waals surface area contributed by atoms with E-state index in [4.69, 9.17) is 4.42 Å². The van der Waals surface area contributed by atoms with Crippen molar-refractivity contribution >= 4 is 11.2 Å². The van der Waals surface area contributed by atoms with Crippen LogP contribution in [0.5, 0.6) is 0 Å². The Balaban J connectivity index is 2.43. The van der Waals surface area contributed by atoms with Gasteiger partial charge in [0.15, 0.2) is 11.2 Å². The number of nitrogens with zero attached hydrogens (tertiary/aromatic N) is 2. The molecule has 5 nitrogen and oxygen atoms in total. The van der Waals surface area contributed by atoms with Crippen LogP contribution < -0.4 is 11.1 Å². The van der Waals surface area contributed by atoms with E-state index in [1.54, 1.807) is 22.9 Å². The summed E-state index contributed by atoms with van der Waals surface area (Å²) in [6.07, 6.45) is 1.67. The highest BCUT2D eigenvalue weighted by Gasteiger charge is 2.25. The second-order valence-corrected chi connectivity index (χ2v) is 5.51. The summed E-state index contributed by atoms with van der Waals surface area (Å²) in [4.78, 5) is 16.1. The minimum atomic E-state index is -0.354. The lowest BCUT2D eigenvalue weighted by Crippen LogP contribution is -2.43. The number of aromatic nitrogens is 2. The summed E-state index contributed by atoms with van der Waals surface area (Å²) in [5.74, 6) is -0.354. The zero-order valence-electron chi connectivity index (χ0n) is 11.2. The highest BCUT2D eigenvalue weighted by Crippen LogP contribution is 2.21. The van der Waals surface area contributed by atoms with Gasteiger partial charge in [0.1, 0.15) is 0 Å². The molecule has 0 saturated heterocycles. The first-order chi connectivity index (χ1) is 8.43. The molecule has 0 aliphatic carbocycles. The summed E-state index contributed by atoms with van der Waals surface area (Å²) in [5.41, 5.74) is 1.19. The third-order valence-electron chi connectivity index (χ3n) is 3.18. The number of nitrogens with one attached hydrogen (secondary N) is 1. The molecule has 1 N–H and O–H groups in total. The zero-order chi connectivity index (χ0) is 13.3. The lowest BCUT2D eigenvalue weighted by atomic mass is 9.87. The molecule has 0 aliphatic heterocycles. The van der Waals surface area contributed by atoms with E-state index >= 15 is 0 Å². The third-order valence-corrected chi connectivity index (χ3v) is 3.18. The SMILES string of the molecule is CNC(Cn1c(=O)oc2cccnc21)C(C)(C)C. The lowest BCUT2D eigenvalue weighted by molar-refractivity contribution is 0.251. The molecule has 0 radical (unpaired) electrons. The highest BCUT2D eigenvalue weighted by molar-refractivity contribution is 5.67. The molecule has 98 valence electrons. The summed E-state index contributed by atoms with van der Waals surface area (Å²) in [7, 11) is 1.90. The Kier molecular flexibility index (Phi) is 3.26. The molecule has 2 rings (SSSR count). The van der Waals surface area contributed by atoms with Crippen molar-refractivity contribution in [3.05, 3.63) is 28.9 Å². The Hall–Kier alpha value is -1.62. The molecule has 0 amide bonds. The van der Waals surface area contributed by atoms with Gasteiger partial charge in [0.25, 0.3) is 0 Å². The van der Waals surface area contributed by atoms with Crippen LogP contribution in [0.4, 0.5) is 0 Å². The molecule has 5 heteroatoms. The van der Waals surface area contributed by atoms with E-state index in [0.717, 1.165) is 0 Å². The van der Waals surface area contributed by atoms with Gasteiger partial charge in [-0.05, 0) is 24.6 Å². The van der Waals surface area contributed by atoms with E-state index < -0.39 is 0 Å². The predicted molar refractivity (Wildman–Crippen MR) is 70.6 cm³/mol. The van der Waals surface area contributed by atoms with Crippen molar-refractivity contribution in [2.45, 2.75) is 33.4 Å². The summed E-state index contributed by atoms with van der Waals surface area (Å²) >= 11 is 0. The molecule has 0 spiro atoms. The smallest absolute Gasteiger partial charge is 0.406 e. The molecular formula is C13H19N3O2. The number of oxazole rings is 1. The number of pyridine rings is 1. The molecule has 2 aromatic rings. The second kappa shape index (κ2) is 4.57. The van der Waals surface area contributed by atoms with E-state index in [9.17, 15) is 4.79 Å². The van der Waals surface area contributed by atoms with Gasteiger partial charge in [0.05, 0.1) is 0 Å². The van der Waals surface area contributed by atoms with E-state index in [0.29, 0.717) is 17.8 Å². The average molecular weight is 249 g/mol. The first-order valence-corrected chi connectivity index (χ1v) is 6.05. The standard InChI is InChI=1S/C13H19N3O2/c1-13(2,3)10(14-4)8-16-11-9(18-12(16)17)6-5-7-15-11/h5-7,10,14H,8H2,1-4H3. The van der Waals surface area contributed by atoms with Crippen molar-refractivity contribution in [2.75, 3.05) is 7.05 Å². The van der Waals surface area contributed by atoms with E-state index in [-0.39, 0.29) is 17.2 Å². The fraction of sp³-hybridized carbons (Fsp3) is 0.538. The van der Waals surface area contributed by atoms with E-state index in [1.807, 2.05) is 7.05 Å². The molecule has 0 aliphatic rings. The number of likely N-dealkylation sites (N-methyl/N-ethyl adjacent to an activating group) is 1. The van der Waals surface area contributed by atoms with Gasteiger partial charge in [0.2, 0.25) is 0 Å². The van der Waals surface area contributed by atoms with Crippen LogP contribution in [0.3, 0.4) is 0 Å². The Morgan fingerprint density at radius 2 is 2.22 bits per heavy atom. The van der Waals surface area contributed by atoms with E-state index in [1.165, 1.54) is 0 Å². The van der Waals surface area contributed by atoms with Crippen LogP contribution in [0.25, 0.3) is 11.2 Å². The summed E-state index contributed by atoms with van der Waals surface area (Å²) in [6.45, 7) is 6.95. The van der Waals surface area contributed by atoms with Gasteiger partial charge in [-0.15, -0.1) is 0 Å². The van der Waals surface area contributed by atoms with Crippen LogP contribution in [0.1, 0.15) is 20.8 Å². The maximum Gasteiger partial charge on any atom is 0.421 e. The van der Waals surface area contributed by atoms with Crippen LogP contribution in [0.15, 0.2) is 27.5 Å². The normalized spacial score (nSPS) is 14.0. The maximum absolute atomic E-state index is 11.8. The molecule has 2 aromatic heterocycles. The molecule has 0 bridgehead atoms. The van der Waals surface area contributed by atoms with Gasteiger partial charge in [-0.25, -0.2) is 9.78 Å². The average Bonchev–Trinajstić information content (AvgIpc) is 2.60. The zero-order valence-corrected chi connectivity index (χ0v) is 11.2. The summed E-state index contributed by atoms with van der Waals surface area (Å²) < 4.78 is 6.76.